The fourth-order valence-electron chi connectivity index (χ4n) is 2.90. The summed E-state index contributed by atoms with van der Waals surface area (Å²) in [6, 6.07) is 0. The van der Waals surface area contributed by atoms with Gasteiger partial charge in [0.1, 0.15) is 0 Å². The van der Waals surface area contributed by atoms with Crippen molar-refractivity contribution in [2.45, 2.75) is 32.8 Å². The Morgan fingerprint density at radius 2 is 1.80 bits per heavy atom. The molecule has 0 aromatic heterocycles. The second-order valence-corrected chi connectivity index (χ2v) is 4.18. The molecule has 0 saturated heterocycles. The highest BCUT2D eigenvalue weighted by molar-refractivity contribution is 4.97. The first kappa shape index (κ1) is 6.66. The molecule has 0 amide bonds. The molecular weight excluding hydrogens is 124 g/mol. The van der Waals surface area contributed by atoms with E-state index in [2.05, 4.69) is 13.8 Å². The maximum atomic E-state index is 9.51. The summed E-state index contributed by atoms with van der Waals surface area (Å²) < 4.78 is 0. The molecule has 5 atom stereocenters. The Kier molecular flexibility index (Phi) is 1.31. The van der Waals surface area contributed by atoms with Gasteiger partial charge in [-0.3, -0.25) is 0 Å². The van der Waals surface area contributed by atoms with Crippen molar-refractivity contribution in [3.8, 4) is 0 Å². The van der Waals surface area contributed by atoms with Crippen LogP contribution >= 0.6 is 0 Å². The van der Waals surface area contributed by atoms with Gasteiger partial charge in [0.05, 0.1) is 6.10 Å². The summed E-state index contributed by atoms with van der Waals surface area (Å²) in [7, 11) is 0. The summed E-state index contributed by atoms with van der Waals surface area (Å²) in [5.41, 5.74) is 0. The molecule has 2 aliphatic rings. The molecule has 2 rings (SSSR count). The van der Waals surface area contributed by atoms with E-state index in [9.17, 15) is 5.11 Å². The summed E-state index contributed by atoms with van der Waals surface area (Å²) in [6.07, 6.45) is 2.41. The van der Waals surface area contributed by atoms with E-state index in [0.29, 0.717) is 5.92 Å². The molecule has 0 radical (unpaired) electrons. The Morgan fingerprint density at radius 3 is 2.20 bits per heavy atom. The lowest BCUT2D eigenvalue weighted by Gasteiger charge is -2.28. The fourth-order valence-corrected chi connectivity index (χ4v) is 2.90. The topological polar surface area (TPSA) is 20.2 Å². The Labute approximate surface area is 62.4 Å². The van der Waals surface area contributed by atoms with E-state index in [1.165, 1.54) is 6.42 Å². The van der Waals surface area contributed by atoms with Crippen molar-refractivity contribution in [3.05, 3.63) is 0 Å². The number of fused-ring (bicyclic) bond motifs is 2. The molecule has 2 bridgehead atoms. The van der Waals surface area contributed by atoms with Gasteiger partial charge in [0.15, 0.2) is 0 Å². The quantitative estimate of drug-likeness (QED) is 0.542. The second-order valence-electron chi connectivity index (χ2n) is 4.18. The summed E-state index contributed by atoms with van der Waals surface area (Å²) in [4.78, 5) is 0. The van der Waals surface area contributed by atoms with Crippen molar-refractivity contribution in [1.82, 2.24) is 0 Å². The minimum absolute atomic E-state index is 0.0381. The van der Waals surface area contributed by atoms with Crippen LogP contribution in [0, 0.1) is 23.7 Å². The lowest BCUT2D eigenvalue weighted by Crippen LogP contribution is -2.27. The third-order valence-corrected chi connectivity index (χ3v) is 3.86. The second kappa shape index (κ2) is 1.97. The van der Waals surface area contributed by atoms with Crippen molar-refractivity contribution >= 4 is 0 Å². The lowest BCUT2D eigenvalue weighted by atomic mass is 9.80. The Hall–Kier alpha value is -0.0400. The lowest BCUT2D eigenvalue weighted by molar-refractivity contribution is 0.0645. The molecule has 1 nitrogen and oxygen atoms in total. The summed E-state index contributed by atoms with van der Waals surface area (Å²) in [5.74, 6) is 3.12. The molecule has 2 aliphatic carbocycles. The number of aliphatic hydroxyl groups is 1. The van der Waals surface area contributed by atoms with Gasteiger partial charge in [0, 0.05) is 0 Å². The van der Waals surface area contributed by atoms with Gasteiger partial charge in [-0.25, -0.2) is 0 Å². The highest BCUT2D eigenvalue weighted by atomic mass is 16.3. The molecule has 10 heavy (non-hydrogen) atoms. The monoisotopic (exact) mass is 140 g/mol. The first-order chi connectivity index (χ1) is 4.70. The van der Waals surface area contributed by atoms with Crippen LogP contribution < -0.4 is 0 Å². The van der Waals surface area contributed by atoms with Crippen LogP contribution in [0.5, 0.6) is 0 Å². The standard InChI is InChI=1S/C9H16O/c1-5-6(2)8-3-7(5)4-9(8)10/h5-10H,3-4H2,1-2H3/t5-,6+,7?,8?,9-/m1/s1. The van der Waals surface area contributed by atoms with Crippen LogP contribution in [0.1, 0.15) is 26.7 Å². The summed E-state index contributed by atoms with van der Waals surface area (Å²) in [5, 5.41) is 9.51. The maximum Gasteiger partial charge on any atom is 0.0573 e. The smallest absolute Gasteiger partial charge is 0.0573 e. The van der Waals surface area contributed by atoms with Crippen LogP contribution in [0.15, 0.2) is 0 Å². The number of hydrogen-bond acceptors (Lipinski definition) is 1. The first-order valence-electron chi connectivity index (χ1n) is 4.38. The van der Waals surface area contributed by atoms with E-state index in [0.717, 1.165) is 24.2 Å². The predicted octanol–water partition coefficient (Wildman–Crippen LogP) is 1.66. The van der Waals surface area contributed by atoms with Gasteiger partial charge in [0.2, 0.25) is 0 Å². The van der Waals surface area contributed by atoms with Crippen LogP contribution in [0.25, 0.3) is 0 Å². The zero-order valence-electron chi connectivity index (χ0n) is 6.75. The van der Waals surface area contributed by atoms with E-state index in [4.69, 9.17) is 0 Å². The Bertz CT molecular complexity index is 142. The van der Waals surface area contributed by atoms with Gasteiger partial charge in [0.25, 0.3) is 0 Å². The molecule has 0 aromatic carbocycles. The summed E-state index contributed by atoms with van der Waals surface area (Å²) in [6.45, 7) is 4.62. The van der Waals surface area contributed by atoms with E-state index in [1.807, 2.05) is 0 Å². The first-order valence-corrected chi connectivity index (χ1v) is 4.38. The van der Waals surface area contributed by atoms with Crippen LogP contribution in [-0.2, 0) is 0 Å². The van der Waals surface area contributed by atoms with Crippen LogP contribution in [0.4, 0.5) is 0 Å². The SMILES string of the molecule is C[C@@H]1C2CC(C[C@H]2O)[C@@H]1C. The average molecular weight is 140 g/mol. The average Bonchev–Trinajstić information content (AvgIpc) is 2.36. The zero-order valence-corrected chi connectivity index (χ0v) is 6.75. The normalized spacial score (nSPS) is 59.7. The van der Waals surface area contributed by atoms with Gasteiger partial charge >= 0.3 is 0 Å². The highest BCUT2D eigenvalue weighted by Crippen LogP contribution is 2.51. The molecule has 1 N–H and O–H groups in total. The highest BCUT2D eigenvalue weighted by Gasteiger charge is 2.47. The molecule has 0 aliphatic heterocycles. The number of rotatable bonds is 0. The van der Waals surface area contributed by atoms with Crippen molar-refractivity contribution in [3.63, 3.8) is 0 Å². The van der Waals surface area contributed by atoms with Crippen LogP contribution in [-0.4, -0.2) is 11.2 Å². The van der Waals surface area contributed by atoms with E-state index in [-0.39, 0.29) is 6.10 Å². The molecule has 0 aromatic rings. The molecule has 2 saturated carbocycles. The number of aliphatic hydroxyl groups excluding tert-OH is 1. The molecule has 0 spiro atoms. The fraction of sp³-hybridized carbons (Fsp3) is 1.00. The number of hydrogen-bond donors (Lipinski definition) is 1. The Balaban J connectivity index is 2.16. The Morgan fingerprint density at radius 1 is 1.10 bits per heavy atom. The third-order valence-electron chi connectivity index (χ3n) is 3.86. The molecule has 2 fully saturated rings. The minimum atomic E-state index is 0.0381. The van der Waals surface area contributed by atoms with Gasteiger partial charge in [-0.2, -0.15) is 0 Å². The molecule has 1 heteroatoms. The van der Waals surface area contributed by atoms with Crippen LogP contribution in [0.2, 0.25) is 0 Å². The molecule has 58 valence electrons. The third kappa shape index (κ3) is 0.672. The van der Waals surface area contributed by atoms with Crippen LogP contribution in [0.3, 0.4) is 0 Å². The maximum absolute atomic E-state index is 9.51. The summed E-state index contributed by atoms with van der Waals surface area (Å²) >= 11 is 0. The van der Waals surface area contributed by atoms with Gasteiger partial charge in [-0.1, -0.05) is 13.8 Å². The minimum Gasteiger partial charge on any atom is -0.393 e. The molecule has 2 unspecified atom stereocenters. The van der Waals surface area contributed by atoms with E-state index < -0.39 is 0 Å². The largest absolute Gasteiger partial charge is 0.393 e. The van der Waals surface area contributed by atoms with Gasteiger partial charge in [-0.05, 0) is 36.5 Å². The predicted molar refractivity (Wildman–Crippen MR) is 40.5 cm³/mol. The van der Waals surface area contributed by atoms with Crippen molar-refractivity contribution < 1.29 is 5.11 Å². The van der Waals surface area contributed by atoms with E-state index >= 15 is 0 Å². The zero-order chi connectivity index (χ0) is 7.30. The van der Waals surface area contributed by atoms with Crippen molar-refractivity contribution in [1.29, 1.82) is 0 Å². The van der Waals surface area contributed by atoms with Crippen molar-refractivity contribution in [2.75, 3.05) is 0 Å². The van der Waals surface area contributed by atoms with Gasteiger partial charge < -0.3 is 5.11 Å². The van der Waals surface area contributed by atoms with E-state index in [1.54, 1.807) is 0 Å². The van der Waals surface area contributed by atoms with Crippen molar-refractivity contribution in [2.24, 2.45) is 23.7 Å². The molecule has 0 heterocycles. The molecular formula is C9H16O. The van der Waals surface area contributed by atoms with Gasteiger partial charge in [-0.15, -0.1) is 0 Å².